The van der Waals surface area contributed by atoms with E-state index in [2.05, 4.69) is 20.3 Å². The molecule has 1 unspecified atom stereocenters. The summed E-state index contributed by atoms with van der Waals surface area (Å²) in [5.41, 5.74) is 10.6. The summed E-state index contributed by atoms with van der Waals surface area (Å²) in [7, 11) is 0. The fraction of sp³-hybridized carbons (Fsp3) is 0.167. The lowest BCUT2D eigenvalue weighted by Gasteiger charge is -2.23. The highest BCUT2D eigenvalue weighted by Crippen LogP contribution is 2.28. The fourth-order valence-corrected chi connectivity index (χ4v) is 4.54. The number of para-hydroxylation sites is 1. The highest BCUT2D eigenvalue weighted by atomic mass is 16.1. The number of nitrogen functional groups attached to an aromatic ring is 1. The van der Waals surface area contributed by atoms with Crippen molar-refractivity contribution in [3.63, 3.8) is 0 Å². The smallest absolute Gasteiger partial charge is 0.266 e. The molecule has 0 fully saturated rings. The molecule has 0 radical (unpaired) electrons. The number of anilines is 2. The molecular weight excluding hydrogens is 474 g/mol. The van der Waals surface area contributed by atoms with Gasteiger partial charge in [0.1, 0.15) is 11.6 Å². The summed E-state index contributed by atoms with van der Waals surface area (Å²) in [6.07, 6.45) is 6.22. The topological polar surface area (TPSA) is 112 Å². The summed E-state index contributed by atoms with van der Waals surface area (Å²) in [6.45, 7) is 5.86. The van der Waals surface area contributed by atoms with Gasteiger partial charge in [-0.05, 0) is 68.3 Å². The van der Waals surface area contributed by atoms with Gasteiger partial charge in [-0.2, -0.15) is 4.98 Å². The number of nitrogens with one attached hydrogen (secondary N) is 1. The van der Waals surface area contributed by atoms with E-state index in [0.29, 0.717) is 29.0 Å². The number of aromatic nitrogens is 5. The standard InChI is InChI=1S/C30H29N7O/c1-4-24(34-27-23(20(3)33-30(31)36-27)17-16-21-12-8-9-18-32-21)28-35-25-15-10-11-19(2)26(25)29(38)37(28)22-13-6-5-7-14-22/h5-18,24H,4H2,1-3H3,(H3,31,33,34,36)/b17-16+. The third-order valence-electron chi connectivity index (χ3n) is 6.44. The van der Waals surface area contributed by atoms with Crippen LogP contribution >= 0.6 is 0 Å². The SMILES string of the molecule is CCC(Nc1nc(N)nc(C)c1/C=C/c1ccccn1)c1nc2cccc(C)c2c(=O)n1-c1ccccc1. The number of rotatable bonds is 7. The highest BCUT2D eigenvalue weighted by molar-refractivity contribution is 5.82. The molecule has 3 aromatic heterocycles. The van der Waals surface area contributed by atoms with Crippen molar-refractivity contribution >= 4 is 34.8 Å². The average molecular weight is 504 g/mol. The molecule has 0 spiro atoms. The number of benzene rings is 2. The molecule has 0 amide bonds. The third-order valence-corrected chi connectivity index (χ3v) is 6.44. The first-order valence-corrected chi connectivity index (χ1v) is 12.5. The van der Waals surface area contributed by atoms with Crippen LogP contribution in [-0.4, -0.2) is 24.5 Å². The van der Waals surface area contributed by atoms with E-state index in [1.807, 2.05) is 99.7 Å². The van der Waals surface area contributed by atoms with Crippen LogP contribution in [0.2, 0.25) is 0 Å². The van der Waals surface area contributed by atoms with Gasteiger partial charge in [-0.3, -0.25) is 14.3 Å². The quantitative estimate of drug-likeness (QED) is 0.301. The highest BCUT2D eigenvalue weighted by Gasteiger charge is 2.22. The van der Waals surface area contributed by atoms with E-state index in [9.17, 15) is 4.79 Å². The van der Waals surface area contributed by atoms with Gasteiger partial charge < -0.3 is 11.1 Å². The molecule has 0 aliphatic carbocycles. The Balaban J connectivity index is 1.66. The second kappa shape index (κ2) is 10.6. The summed E-state index contributed by atoms with van der Waals surface area (Å²) in [5.74, 6) is 1.32. The molecular formula is C30H29N7O. The van der Waals surface area contributed by atoms with Crippen LogP contribution in [0.4, 0.5) is 11.8 Å². The number of hydrogen-bond donors (Lipinski definition) is 2. The Labute approximate surface area is 221 Å². The number of fused-ring (bicyclic) bond motifs is 1. The lowest BCUT2D eigenvalue weighted by atomic mass is 10.1. The molecule has 8 nitrogen and oxygen atoms in total. The van der Waals surface area contributed by atoms with Crippen molar-refractivity contribution in [3.05, 3.63) is 112 Å². The van der Waals surface area contributed by atoms with Crippen molar-refractivity contribution in [2.24, 2.45) is 0 Å². The van der Waals surface area contributed by atoms with Crippen LogP contribution < -0.4 is 16.6 Å². The molecule has 190 valence electrons. The fourth-order valence-electron chi connectivity index (χ4n) is 4.54. The average Bonchev–Trinajstić information content (AvgIpc) is 2.92. The second-order valence-electron chi connectivity index (χ2n) is 9.04. The van der Waals surface area contributed by atoms with Gasteiger partial charge in [0.05, 0.1) is 34.0 Å². The first-order valence-electron chi connectivity index (χ1n) is 12.5. The van der Waals surface area contributed by atoms with Gasteiger partial charge in [0, 0.05) is 11.8 Å². The zero-order chi connectivity index (χ0) is 26.6. The zero-order valence-electron chi connectivity index (χ0n) is 21.6. The van der Waals surface area contributed by atoms with Crippen LogP contribution in [0.25, 0.3) is 28.7 Å². The Kier molecular flexibility index (Phi) is 6.95. The van der Waals surface area contributed by atoms with Crippen LogP contribution in [0.3, 0.4) is 0 Å². The third kappa shape index (κ3) is 4.88. The van der Waals surface area contributed by atoms with Crippen molar-refractivity contribution in [2.45, 2.75) is 33.2 Å². The summed E-state index contributed by atoms with van der Waals surface area (Å²) >= 11 is 0. The first-order chi connectivity index (χ1) is 18.5. The van der Waals surface area contributed by atoms with E-state index < -0.39 is 0 Å². The van der Waals surface area contributed by atoms with Gasteiger partial charge in [-0.1, -0.05) is 43.3 Å². The maximum absolute atomic E-state index is 13.9. The number of nitrogens with zero attached hydrogens (tertiary/aromatic N) is 5. The van der Waals surface area contributed by atoms with Gasteiger partial charge in [0.2, 0.25) is 5.95 Å². The lowest BCUT2D eigenvalue weighted by molar-refractivity contribution is 0.658. The number of aryl methyl sites for hydroxylation is 2. The van der Waals surface area contributed by atoms with E-state index in [1.54, 1.807) is 10.8 Å². The van der Waals surface area contributed by atoms with Crippen LogP contribution in [0, 0.1) is 13.8 Å². The molecule has 2 aromatic carbocycles. The van der Waals surface area contributed by atoms with Gasteiger partial charge in [0.25, 0.3) is 5.56 Å². The van der Waals surface area contributed by atoms with Crippen molar-refractivity contribution in [1.29, 1.82) is 0 Å². The molecule has 0 aliphatic rings. The van der Waals surface area contributed by atoms with E-state index >= 15 is 0 Å². The summed E-state index contributed by atoms with van der Waals surface area (Å²) in [6, 6.07) is 20.7. The molecule has 0 saturated heterocycles. The Bertz CT molecular complexity index is 1680. The molecule has 0 bridgehead atoms. The van der Waals surface area contributed by atoms with Crippen molar-refractivity contribution in [1.82, 2.24) is 24.5 Å². The molecule has 8 heteroatoms. The molecule has 3 heterocycles. The van der Waals surface area contributed by atoms with Crippen LogP contribution in [-0.2, 0) is 0 Å². The van der Waals surface area contributed by atoms with Crippen molar-refractivity contribution in [3.8, 4) is 5.69 Å². The first kappa shape index (κ1) is 24.8. The number of pyridine rings is 1. The van der Waals surface area contributed by atoms with E-state index in [4.69, 9.17) is 10.7 Å². The maximum atomic E-state index is 13.9. The van der Waals surface area contributed by atoms with Crippen LogP contribution in [0.5, 0.6) is 0 Å². The largest absolute Gasteiger partial charge is 0.368 e. The van der Waals surface area contributed by atoms with Gasteiger partial charge in [-0.25, -0.2) is 9.97 Å². The minimum absolute atomic E-state index is 0.108. The molecule has 38 heavy (non-hydrogen) atoms. The van der Waals surface area contributed by atoms with Crippen LogP contribution in [0.1, 0.15) is 47.7 Å². The minimum Gasteiger partial charge on any atom is -0.368 e. The molecule has 1 atom stereocenters. The second-order valence-corrected chi connectivity index (χ2v) is 9.04. The summed E-state index contributed by atoms with van der Waals surface area (Å²) < 4.78 is 1.69. The lowest BCUT2D eigenvalue weighted by Crippen LogP contribution is -2.29. The molecule has 3 N–H and O–H groups in total. The zero-order valence-corrected chi connectivity index (χ0v) is 21.6. The van der Waals surface area contributed by atoms with Gasteiger partial charge in [0.15, 0.2) is 0 Å². The number of nitrogens with two attached hydrogens (primary N) is 1. The Hall–Kier alpha value is -4.85. The van der Waals surface area contributed by atoms with E-state index in [0.717, 1.165) is 28.2 Å². The van der Waals surface area contributed by atoms with Crippen LogP contribution in [0.15, 0.2) is 77.7 Å². The molecule has 0 aliphatic heterocycles. The normalized spacial score (nSPS) is 12.2. The van der Waals surface area contributed by atoms with Crippen molar-refractivity contribution in [2.75, 3.05) is 11.1 Å². The summed E-state index contributed by atoms with van der Waals surface area (Å²) in [5, 5.41) is 4.13. The summed E-state index contributed by atoms with van der Waals surface area (Å²) in [4.78, 5) is 32.2. The monoisotopic (exact) mass is 503 g/mol. The number of hydrogen-bond acceptors (Lipinski definition) is 7. The maximum Gasteiger partial charge on any atom is 0.266 e. The minimum atomic E-state index is -0.344. The van der Waals surface area contributed by atoms with Crippen molar-refractivity contribution < 1.29 is 0 Å². The van der Waals surface area contributed by atoms with E-state index in [1.165, 1.54) is 0 Å². The molecule has 0 saturated carbocycles. The van der Waals surface area contributed by atoms with E-state index in [-0.39, 0.29) is 17.5 Å². The molecule has 5 aromatic rings. The molecule has 5 rings (SSSR count). The van der Waals surface area contributed by atoms with Gasteiger partial charge in [-0.15, -0.1) is 0 Å². The predicted molar refractivity (Wildman–Crippen MR) is 153 cm³/mol. The van der Waals surface area contributed by atoms with Gasteiger partial charge >= 0.3 is 0 Å². The Morgan fingerprint density at radius 3 is 2.47 bits per heavy atom. The Morgan fingerprint density at radius 1 is 0.947 bits per heavy atom. The Morgan fingerprint density at radius 2 is 1.74 bits per heavy atom. The predicted octanol–water partition coefficient (Wildman–Crippen LogP) is 5.50.